The molecule has 0 unspecified atom stereocenters. The van der Waals surface area contributed by atoms with Crippen LogP contribution in [0.2, 0.25) is 0 Å². The van der Waals surface area contributed by atoms with Crippen LogP contribution in [-0.4, -0.2) is 38.9 Å². The van der Waals surface area contributed by atoms with Gasteiger partial charge in [-0.05, 0) is 26.7 Å². The molecule has 0 radical (unpaired) electrons. The van der Waals surface area contributed by atoms with Crippen LogP contribution in [0, 0.1) is 0 Å². The van der Waals surface area contributed by atoms with Crippen molar-refractivity contribution in [3.63, 3.8) is 0 Å². The number of Topliss-reactive ketones (excluding diaryl/α,β-unsaturated/α-hetero) is 1. The number of thioether (sulfide) groups is 1. The third kappa shape index (κ3) is 2.97. The predicted octanol–water partition coefficient (Wildman–Crippen LogP) is 1.65. The van der Waals surface area contributed by atoms with Crippen molar-refractivity contribution in [2.75, 3.05) is 5.75 Å². The van der Waals surface area contributed by atoms with Crippen molar-refractivity contribution in [1.29, 1.82) is 0 Å². The van der Waals surface area contributed by atoms with Gasteiger partial charge in [0.1, 0.15) is 5.60 Å². The molecule has 5 heteroatoms. The Hall–Kier alpha value is -0.550. The van der Waals surface area contributed by atoms with Crippen LogP contribution in [0.15, 0.2) is 0 Å². The number of hydrogen-bond acceptors (Lipinski definition) is 4. The summed E-state index contributed by atoms with van der Waals surface area (Å²) in [7, 11) is 0. The molecular formula is C14H23NO3S. The molecule has 0 aromatic heterocycles. The molecule has 2 N–H and O–H groups in total. The molecule has 0 aromatic rings. The second-order valence-corrected chi connectivity index (χ2v) is 7.57. The molecule has 19 heavy (non-hydrogen) atoms. The quantitative estimate of drug-likeness (QED) is 0.827. The van der Waals surface area contributed by atoms with Crippen molar-refractivity contribution >= 4 is 23.5 Å². The number of ketones is 1. The van der Waals surface area contributed by atoms with E-state index in [4.69, 9.17) is 0 Å². The van der Waals surface area contributed by atoms with Crippen molar-refractivity contribution < 1.29 is 14.7 Å². The smallest absolute Gasteiger partial charge is 0.221 e. The van der Waals surface area contributed by atoms with Gasteiger partial charge in [0, 0.05) is 12.5 Å². The molecule has 1 amide bonds. The number of aliphatic hydroxyl groups is 1. The molecular weight excluding hydrogens is 262 g/mol. The Labute approximate surface area is 118 Å². The van der Waals surface area contributed by atoms with Crippen LogP contribution >= 0.6 is 11.8 Å². The molecule has 108 valence electrons. The van der Waals surface area contributed by atoms with Gasteiger partial charge in [0.25, 0.3) is 0 Å². The van der Waals surface area contributed by atoms with Gasteiger partial charge in [-0.25, -0.2) is 0 Å². The highest BCUT2D eigenvalue weighted by atomic mass is 32.2. The molecule has 2 aliphatic rings. The van der Waals surface area contributed by atoms with Crippen molar-refractivity contribution in [2.24, 2.45) is 0 Å². The number of carbonyl (C=O) groups is 2. The lowest BCUT2D eigenvalue weighted by molar-refractivity contribution is -0.135. The molecule has 2 rings (SSSR count). The summed E-state index contributed by atoms with van der Waals surface area (Å²) >= 11 is 1.39. The second-order valence-electron chi connectivity index (χ2n) is 6.09. The van der Waals surface area contributed by atoms with Gasteiger partial charge in [-0.3, -0.25) is 9.59 Å². The first-order valence-electron chi connectivity index (χ1n) is 7.04. The second kappa shape index (κ2) is 5.44. The van der Waals surface area contributed by atoms with Gasteiger partial charge >= 0.3 is 0 Å². The highest BCUT2D eigenvalue weighted by Crippen LogP contribution is 2.45. The Bertz CT molecular complexity index is 377. The average molecular weight is 285 g/mol. The van der Waals surface area contributed by atoms with Gasteiger partial charge in [0.15, 0.2) is 5.78 Å². The maximum absolute atomic E-state index is 12.1. The topological polar surface area (TPSA) is 66.4 Å². The number of rotatable bonds is 3. The predicted molar refractivity (Wildman–Crippen MR) is 76.1 cm³/mol. The lowest BCUT2D eigenvalue weighted by Gasteiger charge is -2.34. The molecule has 0 bridgehead atoms. The summed E-state index contributed by atoms with van der Waals surface area (Å²) < 4.78 is -0.706. The zero-order valence-electron chi connectivity index (χ0n) is 11.7. The number of amides is 1. The van der Waals surface area contributed by atoms with Crippen LogP contribution in [0.1, 0.15) is 52.4 Å². The summed E-state index contributed by atoms with van der Waals surface area (Å²) in [5.74, 6) is 0.0718. The van der Waals surface area contributed by atoms with E-state index in [0.29, 0.717) is 5.75 Å². The lowest BCUT2D eigenvalue weighted by atomic mass is 9.84. The minimum absolute atomic E-state index is 0.0446. The van der Waals surface area contributed by atoms with Crippen LogP contribution in [0.5, 0.6) is 0 Å². The van der Waals surface area contributed by atoms with E-state index >= 15 is 0 Å². The zero-order chi connectivity index (χ0) is 14.1. The van der Waals surface area contributed by atoms with Gasteiger partial charge in [-0.2, -0.15) is 0 Å². The monoisotopic (exact) mass is 285 g/mol. The summed E-state index contributed by atoms with van der Waals surface area (Å²) in [6.45, 7) is 3.34. The van der Waals surface area contributed by atoms with Crippen molar-refractivity contribution in [1.82, 2.24) is 5.32 Å². The van der Waals surface area contributed by atoms with Crippen LogP contribution in [0.25, 0.3) is 0 Å². The van der Waals surface area contributed by atoms with E-state index in [1.165, 1.54) is 37.9 Å². The SMILES string of the molecule is C[C@]1(CC(=O)NC2CCCCC2)SCC(=O)[C@]1(C)O. The van der Waals surface area contributed by atoms with Crippen LogP contribution in [-0.2, 0) is 9.59 Å². The zero-order valence-corrected chi connectivity index (χ0v) is 12.5. The Morgan fingerprint density at radius 2 is 2.00 bits per heavy atom. The Morgan fingerprint density at radius 1 is 1.37 bits per heavy atom. The third-order valence-corrected chi connectivity index (χ3v) is 6.15. The minimum atomic E-state index is -1.40. The summed E-state index contributed by atoms with van der Waals surface area (Å²) in [5, 5.41) is 13.3. The van der Waals surface area contributed by atoms with Gasteiger partial charge in [-0.15, -0.1) is 11.8 Å². The van der Waals surface area contributed by atoms with E-state index < -0.39 is 10.3 Å². The van der Waals surface area contributed by atoms with Crippen LogP contribution in [0.4, 0.5) is 0 Å². The molecule has 1 saturated carbocycles. The fourth-order valence-electron chi connectivity index (χ4n) is 2.86. The summed E-state index contributed by atoms with van der Waals surface area (Å²) in [5.41, 5.74) is -1.40. The van der Waals surface area contributed by atoms with E-state index in [-0.39, 0.29) is 24.2 Å². The third-order valence-electron chi connectivity index (χ3n) is 4.56. The summed E-state index contributed by atoms with van der Waals surface area (Å²) in [6.07, 6.45) is 5.90. The van der Waals surface area contributed by atoms with Crippen LogP contribution in [0.3, 0.4) is 0 Å². The lowest BCUT2D eigenvalue weighted by Crippen LogP contribution is -2.51. The molecule has 4 nitrogen and oxygen atoms in total. The number of carbonyl (C=O) groups excluding carboxylic acids is 2. The largest absolute Gasteiger partial charge is 0.381 e. The van der Waals surface area contributed by atoms with E-state index in [9.17, 15) is 14.7 Å². The summed E-state index contributed by atoms with van der Waals surface area (Å²) in [6, 6.07) is 0.275. The van der Waals surface area contributed by atoms with Crippen molar-refractivity contribution in [3.8, 4) is 0 Å². The maximum atomic E-state index is 12.1. The first kappa shape index (κ1) is 14.9. The molecule has 1 saturated heterocycles. The first-order chi connectivity index (χ1) is 8.85. The molecule has 2 fully saturated rings. The molecule has 1 heterocycles. The molecule has 1 aliphatic carbocycles. The minimum Gasteiger partial charge on any atom is -0.381 e. The molecule has 1 aliphatic heterocycles. The Balaban J connectivity index is 1.93. The first-order valence-corrected chi connectivity index (χ1v) is 8.03. The van der Waals surface area contributed by atoms with Gasteiger partial charge in [0.2, 0.25) is 5.91 Å². The Kier molecular flexibility index (Phi) is 4.26. The normalized spacial score (nSPS) is 36.5. The Morgan fingerprint density at radius 3 is 2.53 bits per heavy atom. The molecule has 0 spiro atoms. The highest BCUT2D eigenvalue weighted by molar-refractivity contribution is 8.02. The number of hydrogen-bond donors (Lipinski definition) is 2. The van der Waals surface area contributed by atoms with Gasteiger partial charge < -0.3 is 10.4 Å². The average Bonchev–Trinajstić information content (AvgIpc) is 2.54. The van der Waals surface area contributed by atoms with Crippen molar-refractivity contribution in [3.05, 3.63) is 0 Å². The molecule has 0 aromatic carbocycles. The number of nitrogens with one attached hydrogen (secondary N) is 1. The maximum Gasteiger partial charge on any atom is 0.221 e. The van der Waals surface area contributed by atoms with Gasteiger partial charge in [-0.1, -0.05) is 19.3 Å². The van der Waals surface area contributed by atoms with E-state index in [0.717, 1.165) is 12.8 Å². The van der Waals surface area contributed by atoms with E-state index in [1.54, 1.807) is 0 Å². The summed E-state index contributed by atoms with van der Waals surface area (Å²) in [4.78, 5) is 23.8. The highest BCUT2D eigenvalue weighted by Gasteiger charge is 2.55. The van der Waals surface area contributed by atoms with E-state index in [2.05, 4.69) is 5.32 Å². The fraction of sp³-hybridized carbons (Fsp3) is 0.857. The molecule has 2 atom stereocenters. The van der Waals surface area contributed by atoms with Gasteiger partial charge in [0.05, 0.1) is 10.5 Å². The van der Waals surface area contributed by atoms with Crippen LogP contribution < -0.4 is 5.32 Å². The standard InChI is InChI=1S/C14H23NO3S/c1-13(14(2,18)11(16)9-19-13)8-12(17)15-10-6-4-3-5-7-10/h10,18H,3-9H2,1-2H3,(H,15,17)/t13-,14+/m1/s1. The van der Waals surface area contributed by atoms with E-state index in [1.807, 2.05) is 6.92 Å². The fourth-order valence-corrected chi connectivity index (χ4v) is 4.21. The van der Waals surface area contributed by atoms with Crippen molar-refractivity contribution in [2.45, 2.75) is 68.8 Å².